The number of amides is 1. The van der Waals surface area contributed by atoms with Crippen molar-refractivity contribution in [2.45, 2.75) is 13.1 Å². The summed E-state index contributed by atoms with van der Waals surface area (Å²) in [6, 6.07) is 1.78. The first-order valence-corrected chi connectivity index (χ1v) is 10.8. The molecule has 0 fully saturated rings. The lowest BCUT2D eigenvalue weighted by Gasteiger charge is -2.21. The van der Waals surface area contributed by atoms with E-state index < -0.39 is 22.6 Å². The number of likely N-dealkylation sites (N-methyl/N-ethyl adjacent to an activating group) is 1. The van der Waals surface area contributed by atoms with Gasteiger partial charge in [-0.25, -0.2) is 4.98 Å². The highest BCUT2D eigenvalue weighted by Gasteiger charge is 2.35. The summed E-state index contributed by atoms with van der Waals surface area (Å²) in [4.78, 5) is 30.7. The van der Waals surface area contributed by atoms with E-state index >= 15 is 0 Å². The monoisotopic (exact) mass is 499 g/mol. The number of nitrogens with one attached hydrogen (secondary N) is 2. The van der Waals surface area contributed by atoms with E-state index in [9.17, 15) is 22.8 Å². The number of alkyl halides is 3. The highest BCUT2D eigenvalue weighted by Crippen LogP contribution is 2.36. The molecule has 10 heteroatoms. The van der Waals surface area contributed by atoms with Gasteiger partial charge in [-0.2, -0.15) is 13.2 Å². The summed E-state index contributed by atoms with van der Waals surface area (Å²) in [6.07, 6.45) is 6.00. The zero-order chi connectivity index (χ0) is 27.0. The van der Waals surface area contributed by atoms with E-state index in [1.54, 1.807) is 31.2 Å². The van der Waals surface area contributed by atoms with Gasteiger partial charge in [0.1, 0.15) is 11.6 Å². The molecule has 0 atom stereocenters. The minimum atomic E-state index is -4.87. The van der Waals surface area contributed by atoms with Gasteiger partial charge in [-0.1, -0.05) is 38.0 Å². The number of aromatic nitrogens is 2. The predicted octanol–water partition coefficient (Wildman–Crippen LogP) is 5.19. The van der Waals surface area contributed by atoms with E-state index in [-0.39, 0.29) is 29.7 Å². The van der Waals surface area contributed by atoms with Gasteiger partial charge >= 0.3 is 6.18 Å². The highest BCUT2D eigenvalue weighted by atomic mass is 19.4. The first-order chi connectivity index (χ1) is 17.0. The molecule has 7 nitrogen and oxygen atoms in total. The van der Waals surface area contributed by atoms with Crippen LogP contribution >= 0.6 is 0 Å². The zero-order valence-corrected chi connectivity index (χ0v) is 20.3. The molecule has 0 spiro atoms. The number of carbonyl (C=O) groups is 1. The molecule has 2 aromatic heterocycles. The van der Waals surface area contributed by atoms with Gasteiger partial charge in [-0.05, 0) is 37.3 Å². The number of carbonyl (C=O) groups excluding carboxylic acids is 1. The number of hydrogen-bond donors (Lipinski definition) is 2. The zero-order valence-electron chi connectivity index (χ0n) is 20.3. The van der Waals surface area contributed by atoms with Gasteiger partial charge < -0.3 is 15.5 Å². The van der Waals surface area contributed by atoms with Crippen LogP contribution in [-0.2, 0) is 11.0 Å². The number of hydrogen-bond acceptors (Lipinski definition) is 5. The van der Waals surface area contributed by atoms with Crippen molar-refractivity contribution in [3.8, 4) is 0 Å². The van der Waals surface area contributed by atoms with Crippen molar-refractivity contribution in [3.05, 3.63) is 95.9 Å². The van der Waals surface area contributed by atoms with Crippen molar-refractivity contribution in [2.24, 2.45) is 0 Å². The molecule has 0 aliphatic rings. The molecule has 0 radical (unpaired) electrons. The Labute approximate surface area is 207 Å². The lowest BCUT2D eigenvalue weighted by molar-refractivity contribution is -0.136. The van der Waals surface area contributed by atoms with Gasteiger partial charge in [-0.3, -0.25) is 14.2 Å². The molecule has 0 aliphatic carbocycles. The van der Waals surface area contributed by atoms with E-state index in [2.05, 4.69) is 35.4 Å². The van der Waals surface area contributed by atoms with Gasteiger partial charge in [0.05, 0.1) is 17.5 Å². The van der Waals surface area contributed by atoms with Crippen molar-refractivity contribution < 1.29 is 18.0 Å². The number of halogens is 3. The Morgan fingerprint density at radius 2 is 1.83 bits per heavy atom. The molecule has 190 valence electrons. The van der Waals surface area contributed by atoms with Crippen LogP contribution in [0.5, 0.6) is 0 Å². The molecule has 0 saturated heterocycles. The fourth-order valence-electron chi connectivity index (χ4n) is 3.23. The Morgan fingerprint density at radius 1 is 1.17 bits per heavy atom. The van der Waals surface area contributed by atoms with Crippen LogP contribution in [0.2, 0.25) is 0 Å². The van der Waals surface area contributed by atoms with Crippen LogP contribution in [0.3, 0.4) is 0 Å². The molecule has 2 rings (SSSR count). The minimum Gasteiger partial charge on any atom is -0.361 e. The Morgan fingerprint density at radius 3 is 2.36 bits per heavy atom. The number of fused-ring (bicyclic) bond motifs is 1. The van der Waals surface area contributed by atoms with Crippen molar-refractivity contribution in [1.29, 1.82) is 0 Å². The van der Waals surface area contributed by atoms with Crippen molar-refractivity contribution in [3.63, 3.8) is 0 Å². The van der Waals surface area contributed by atoms with Crippen LogP contribution in [0.1, 0.15) is 12.5 Å². The summed E-state index contributed by atoms with van der Waals surface area (Å²) >= 11 is 0. The topological polar surface area (TPSA) is 79.3 Å². The van der Waals surface area contributed by atoms with Crippen molar-refractivity contribution in [1.82, 2.24) is 14.5 Å². The maximum absolute atomic E-state index is 14.1. The van der Waals surface area contributed by atoms with Gasteiger partial charge in [0.25, 0.3) is 0 Å². The van der Waals surface area contributed by atoms with E-state index in [1.807, 2.05) is 0 Å². The third-order valence-electron chi connectivity index (χ3n) is 4.87. The molecule has 1 amide bonds. The molecule has 36 heavy (non-hydrogen) atoms. The van der Waals surface area contributed by atoms with Gasteiger partial charge in [0.2, 0.25) is 5.91 Å². The van der Waals surface area contributed by atoms with E-state index in [0.29, 0.717) is 11.4 Å². The average Bonchev–Trinajstić information content (AvgIpc) is 2.81. The summed E-state index contributed by atoms with van der Waals surface area (Å²) in [7, 11) is 3.04. The second-order valence-electron chi connectivity index (χ2n) is 7.64. The molecular formula is C26H28F3N5O2. The third kappa shape index (κ3) is 6.41. The quantitative estimate of drug-likeness (QED) is 0.440. The fraction of sp³-hybridized carbons (Fsp3) is 0.192. The molecule has 0 saturated carbocycles. The van der Waals surface area contributed by atoms with Crippen LogP contribution in [0.15, 0.2) is 84.9 Å². The smallest absolute Gasteiger partial charge is 0.361 e. The standard InChI is InChI=1S/C26H28F3N5O2/c1-7-11-17(10-4)31-22-15-20(35)24-19(26(27,28)29)14-21(30-16-23(36)33(5)6)32-25(24)34(22)18(12-8-2)13-9-3/h7-15,31H,1-2,4,16H2,3,5-6H3,(H,30,32)/b13-9-,17-11+,18-12+. The second kappa shape index (κ2) is 11.9. The summed E-state index contributed by atoms with van der Waals surface area (Å²) < 4.78 is 43.7. The Balaban J connectivity index is 3.04. The first-order valence-electron chi connectivity index (χ1n) is 10.8. The lowest BCUT2D eigenvalue weighted by atomic mass is 10.1. The molecule has 2 aromatic rings. The van der Waals surface area contributed by atoms with Gasteiger partial charge in [0, 0.05) is 31.6 Å². The Kier molecular flexibility index (Phi) is 9.20. The average molecular weight is 500 g/mol. The number of rotatable bonds is 10. The predicted molar refractivity (Wildman–Crippen MR) is 140 cm³/mol. The van der Waals surface area contributed by atoms with E-state index in [1.165, 1.54) is 41.8 Å². The number of nitrogens with zero attached hydrogens (tertiary/aromatic N) is 3. The highest BCUT2D eigenvalue weighted by molar-refractivity contribution is 5.89. The Bertz CT molecular complexity index is 1330. The lowest BCUT2D eigenvalue weighted by Crippen LogP contribution is -2.29. The molecular weight excluding hydrogens is 471 g/mol. The molecule has 0 unspecified atom stereocenters. The maximum atomic E-state index is 14.1. The number of allylic oxidation sites excluding steroid dienone is 8. The van der Waals surface area contributed by atoms with Gasteiger partial charge in [0.15, 0.2) is 11.1 Å². The van der Waals surface area contributed by atoms with Crippen LogP contribution in [-0.4, -0.2) is 41.0 Å². The van der Waals surface area contributed by atoms with Crippen LogP contribution in [0.4, 0.5) is 24.8 Å². The third-order valence-corrected chi connectivity index (χ3v) is 4.87. The summed E-state index contributed by atoms with van der Waals surface area (Å²) in [5.74, 6) is -0.460. The van der Waals surface area contributed by atoms with Gasteiger partial charge in [-0.15, -0.1) is 0 Å². The van der Waals surface area contributed by atoms with Crippen LogP contribution in [0, 0.1) is 0 Å². The molecule has 0 bridgehead atoms. The summed E-state index contributed by atoms with van der Waals surface area (Å²) in [5.41, 5.74) is -1.52. The van der Waals surface area contributed by atoms with E-state index in [4.69, 9.17) is 0 Å². The Hall–Kier alpha value is -4.34. The first kappa shape index (κ1) is 27.9. The SMILES string of the molecule is C=C/C=C(\C=C)Nc1cc(=O)c2c(C(F)(F)F)cc(NCC(=O)N(C)C)nc2n1C(/C=C\C)=C/C=C. The van der Waals surface area contributed by atoms with Crippen molar-refractivity contribution >= 4 is 34.3 Å². The summed E-state index contributed by atoms with van der Waals surface area (Å²) in [6.45, 7) is 12.4. The fourth-order valence-corrected chi connectivity index (χ4v) is 3.23. The minimum absolute atomic E-state index is 0.133. The van der Waals surface area contributed by atoms with E-state index in [0.717, 1.165) is 12.1 Å². The molecule has 0 aliphatic heterocycles. The second-order valence-corrected chi connectivity index (χ2v) is 7.64. The summed E-state index contributed by atoms with van der Waals surface area (Å²) in [5, 5.41) is 5.01. The molecule has 0 aromatic carbocycles. The largest absolute Gasteiger partial charge is 0.417 e. The number of pyridine rings is 2. The molecule has 2 heterocycles. The number of anilines is 2. The van der Waals surface area contributed by atoms with Crippen molar-refractivity contribution in [2.75, 3.05) is 31.3 Å². The van der Waals surface area contributed by atoms with Crippen LogP contribution in [0.25, 0.3) is 16.7 Å². The molecule has 2 N–H and O–H groups in total. The maximum Gasteiger partial charge on any atom is 0.417 e. The normalized spacial score (nSPS) is 12.5. The van der Waals surface area contributed by atoms with Crippen LogP contribution < -0.4 is 16.1 Å².